The van der Waals surface area contributed by atoms with Crippen LogP contribution >= 0.6 is 27.3 Å². The number of halogens is 1. The molecule has 0 amide bonds. The van der Waals surface area contributed by atoms with Gasteiger partial charge in [-0.15, -0.1) is 0 Å². The molecule has 4 heteroatoms. The summed E-state index contributed by atoms with van der Waals surface area (Å²) in [6.07, 6.45) is 1.13. The van der Waals surface area contributed by atoms with E-state index in [2.05, 4.69) is 71.5 Å². The molecule has 1 rings (SSSR count). The fourth-order valence-electron chi connectivity index (χ4n) is 2.92. The van der Waals surface area contributed by atoms with Gasteiger partial charge in [-0.3, -0.25) is 4.90 Å². The van der Waals surface area contributed by atoms with Crippen LogP contribution in [0.2, 0.25) is 0 Å². The zero-order valence-corrected chi connectivity index (χ0v) is 15.2. The first-order chi connectivity index (χ1) is 9.04. The highest BCUT2D eigenvalue weighted by Gasteiger charge is 2.38. The third-order valence-electron chi connectivity index (χ3n) is 4.19. The van der Waals surface area contributed by atoms with E-state index in [9.17, 15) is 0 Å². The van der Waals surface area contributed by atoms with Crippen molar-refractivity contribution in [2.75, 3.05) is 19.6 Å². The van der Waals surface area contributed by atoms with Crippen LogP contribution in [0.3, 0.4) is 0 Å². The third-order valence-corrected chi connectivity index (χ3v) is 5.94. The van der Waals surface area contributed by atoms with Gasteiger partial charge in [-0.05, 0) is 59.9 Å². The monoisotopic (exact) mass is 346 g/mol. The average Bonchev–Trinajstić information content (AvgIpc) is 2.83. The molecule has 0 saturated heterocycles. The van der Waals surface area contributed by atoms with E-state index in [0.29, 0.717) is 6.04 Å². The molecular formula is C15H27BrN2S. The van der Waals surface area contributed by atoms with Gasteiger partial charge < -0.3 is 5.32 Å². The topological polar surface area (TPSA) is 15.3 Å². The van der Waals surface area contributed by atoms with Crippen molar-refractivity contribution in [3.8, 4) is 0 Å². The van der Waals surface area contributed by atoms with Gasteiger partial charge in [0.05, 0.1) is 6.04 Å². The molecule has 2 unspecified atom stereocenters. The molecule has 2 nitrogen and oxygen atoms in total. The Morgan fingerprint density at radius 3 is 2.26 bits per heavy atom. The molecule has 0 aliphatic heterocycles. The fraction of sp³-hybridized carbons (Fsp3) is 0.733. The molecule has 0 aliphatic carbocycles. The van der Waals surface area contributed by atoms with Crippen molar-refractivity contribution in [1.82, 2.24) is 10.2 Å². The molecule has 0 radical (unpaired) electrons. The molecule has 0 aliphatic rings. The average molecular weight is 347 g/mol. The van der Waals surface area contributed by atoms with Gasteiger partial charge in [0, 0.05) is 15.4 Å². The largest absolute Gasteiger partial charge is 0.309 e. The Labute approximate surface area is 130 Å². The van der Waals surface area contributed by atoms with Gasteiger partial charge in [0.1, 0.15) is 0 Å². The van der Waals surface area contributed by atoms with Crippen LogP contribution in [-0.4, -0.2) is 30.1 Å². The molecule has 1 N–H and O–H groups in total. The van der Waals surface area contributed by atoms with Crippen molar-refractivity contribution < 1.29 is 0 Å². The second-order valence-corrected chi connectivity index (χ2v) is 6.65. The maximum atomic E-state index is 3.70. The molecule has 2 atom stereocenters. The van der Waals surface area contributed by atoms with Crippen LogP contribution in [-0.2, 0) is 0 Å². The Kier molecular flexibility index (Phi) is 7.01. The highest BCUT2D eigenvalue weighted by molar-refractivity contribution is 9.10. The Morgan fingerprint density at radius 1 is 1.26 bits per heavy atom. The van der Waals surface area contributed by atoms with Gasteiger partial charge in [-0.2, -0.15) is 11.3 Å². The van der Waals surface area contributed by atoms with E-state index in [0.717, 1.165) is 26.1 Å². The summed E-state index contributed by atoms with van der Waals surface area (Å²) in [5, 5.41) is 8.15. The van der Waals surface area contributed by atoms with E-state index >= 15 is 0 Å². The van der Waals surface area contributed by atoms with Gasteiger partial charge >= 0.3 is 0 Å². The quantitative estimate of drug-likeness (QED) is 0.735. The Bertz CT molecular complexity index is 376. The second kappa shape index (κ2) is 7.77. The number of nitrogens with zero attached hydrogens (tertiary/aromatic N) is 1. The lowest BCUT2D eigenvalue weighted by Crippen LogP contribution is -2.54. The van der Waals surface area contributed by atoms with Crippen LogP contribution in [0.25, 0.3) is 0 Å². The molecule has 1 heterocycles. The molecule has 0 fully saturated rings. The predicted molar refractivity (Wildman–Crippen MR) is 90.1 cm³/mol. The molecule has 0 spiro atoms. The van der Waals surface area contributed by atoms with Crippen molar-refractivity contribution in [3.05, 3.63) is 20.8 Å². The lowest BCUT2D eigenvalue weighted by atomic mass is 9.83. The van der Waals surface area contributed by atoms with E-state index in [1.54, 1.807) is 11.3 Å². The fourth-order valence-corrected chi connectivity index (χ4v) is 4.47. The molecule has 1 aromatic heterocycles. The number of likely N-dealkylation sites (N-methyl/N-ethyl adjacent to an activating group) is 2. The summed E-state index contributed by atoms with van der Waals surface area (Å²) in [7, 11) is 0. The zero-order valence-electron chi connectivity index (χ0n) is 12.8. The highest BCUT2D eigenvalue weighted by Crippen LogP contribution is 2.38. The lowest BCUT2D eigenvalue weighted by molar-refractivity contribution is 0.0703. The van der Waals surface area contributed by atoms with E-state index in [4.69, 9.17) is 0 Å². The smallest absolute Gasteiger partial charge is 0.0523 e. The van der Waals surface area contributed by atoms with Crippen LogP contribution < -0.4 is 5.32 Å². The van der Waals surface area contributed by atoms with Gasteiger partial charge in [0.2, 0.25) is 0 Å². The summed E-state index contributed by atoms with van der Waals surface area (Å²) in [5.74, 6) is 0. The van der Waals surface area contributed by atoms with Crippen molar-refractivity contribution >= 4 is 27.3 Å². The lowest BCUT2D eigenvalue weighted by Gasteiger charge is -2.46. The summed E-state index contributed by atoms with van der Waals surface area (Å²) in [4.78, 5) is 2.57. The van der Waals surface area contributed by atoms with Crippen molar-refractivity contribution in [2.45, 2.75) is 52.6 Å². The van der Waals surface area contributed by atoms with Crippen molar-refractivity contribution in [3.63, 3.8) is 0 Å². The van der Waals surface area contributed by atoms with Gasteiger partial charge in [0.25, 0.3) is 0 Å². The zero-order chi connectivity index (χ0) is 14.5. The maximum absolute atomic E-state index is 3.70. The molecule has 110 valence electrons. The second-order valence-electron chi connectivity index (χ2n) is 5.05. The Hall–Kier alpha value is 0.1000. The van der Waals surface area contributed by atoms with Crippen LogP contribution in [0.1, 0.15) is 52.6 Å². The molecular weight excluding hydrogens is 320 g/mol. The summed E-state index contributed by atoms with van der Waals surface area (Å²) in [5.41, 5.74) is 1.53. The summed E-state index contributed by atoms with van der Waals surface area (Å²) >= 11 is 5.47. The van der Waals surface area contributed by atoms with Crippen LogP contribution in [0.4, 0.5) is 0 Å². The van der Waals surface area contributed by atoms with E-state index in [-0.39, 0.29) is 5.54 Å². The van der Waals surface area contributed by atoms with E-state index < -0.39 is 0 Å². The predicted octanol–water partition coefficient (Wildman–Crippen LogP) is 4.67. The first-order valence-electron chi connectivity index (χ1n) is 7.25. The molecule has 19 heavy (non-hydrogen) atoms. The Morgan fingerprint density at radius 2 is 1.89 bits per heavy atom. The minimum absolute atomic E-state index is 0.142. The Balaban J connectivity index is 3.17. The number of hydrogen-bond acceptors (Lipinski definition) is 3. The van der Waals surface area contributed by atoms with Crippen LogP contribution in [0.15, 0.2) is 15.2 Å². The first-order valence-corrected chi connectivity index (χ1v) is 8.98. The van der Waals surface area contributed by atoms with Crippen LogP contribution in [0, 0.1) is 0 Å². The minimum atomic E-state index is 0.142. The standard InChI is InChI=1S/C15H27BrN2S/c1-6-15(5,18(8-3)9-4)14(17-7-2)12-10-19-11-13(12)16/h10-11,14,17H,6-9H2,1-5H3. The number of hydrogen-bond donors (Lipinski definition) is 1. The maximum Gasteiger partial charge on any atom is 0.0523 e. The van der Waals surface area contributed by atoms with Crippen molar-refractivity contribution in [2.24, 2.45) is 0 Å². The van der Waals surface area contributed by atoms with E-state index in [1.807, 2.05) is 0 Å². The third kappa shape index (κ3) is 3.60. The number of nitrogens with one attached hydrogen (secondary N) is 1. The van der Waals surface area contributed by atoms with Gasteiger partial charge in [0.15, 0.2) is 0 Å². The first kappa shape index (κ1) is 17.2. The van der Waals surface area contributed by atoms with Gasteiger partial charge in [-0.1, -0.05) is 27.7 Å². The molecule has 1 aromatic rings. The van der Waals surface area contributed by atoms with Crippen LogP contribution in [0.5, 0.6) is 0 Å². The summed E-state index contributed by atoms with van der Waals surface area (Å²) in [6, 6.07) is 0.364. The summed E-state index contributed by atoms with van der Waals surface area (Å²) < 4.78 is 1.23. The minimum Gasteiger partial charge on any atom is -0.309 e. The normalized spacial score (nSPS) is 16.6. The molecule has 0 aromatic carbocycles. The molecule has 0 saturated carbocycles. The van der Waals surface area contributed by atoms with Crippen molar-refractivity contribution in [1.29, 1.82) is 0 Å². The number of rotatable bonds is 8. The SMILES string of the molecule is CCNC(c1cscc1Br)C(C)(CC)N(CC)CC. The highest BCUT2D eigenvalue weighted by atomic mass is 79.9. The summed E-state index contributed by atoms with van der Waals surface area (Å²) in [6.45, 7) is 14.5. The number of thiophene rings is 1. The molecule has 0 bridgehead atoms. The van der Waals surface area contributed by atoms with E-state index in [1.165, 1.54) is 10.0 Å². The van der Waals surface area contributed by atoms with Gasteiger partial charge in [-0.25, -0.2) is 0 Å².